The lowest BCUT2D eigenvalue weighted by molar-refractivity contribution is -0.142. The number of methoxy groups -OCH3 is 1. The van der Waals surface area contributed by atoms with Gasteiger partial charge in [-0.15, -0.1) is 6.58 Å². The molecule has 1 unspecified atom stereocenters. The molecule has 5 rings (SSSR count). The number of carbonyl (C=O) groups is 3. The third-order valence-electron chi connectivity index (χ3n) is 8.55. The Labute approximate surface area is 257 Å². The Balaban J connectivity index is 1.42. The number of likely N-dealkylation sites (tertiary alicyclic amines) is 1. The number of hydrogen-bond donors (Lipinski definition) is 3. The Hall–Kier alpha value is -3.78. The highest BCUT2D eigenvalue weighted by atomic mass is 32.2. The number of amides is 3. The maximum atomic E-state index is 13.9. The van der Waals surface area contributed by atoms with E-state index in [-0.39, 0.29) is 25.3 Å². The van der Waals surface area contributed by atoms with Crippen molar-refractivity contribution >= 4 is 38.6 Å². The van der Waals surface area contributed by atoms with Gasteiger partial charge in [-0.25, -0.2) is 13.4 Å². The minimum Gasteiger partial charge on any atom is -0.497 e. The molecule has 238 valence electrons. The highest BCUT2D eigenvalue weighted by Crippen LogP contribution is 2.45. The van der Waals surface area contributed by atoms with Crippen LogP contribution in [-0.2, 0) is 24.4 Å². The van der Waals surface area contributed by atoms with Crippen LogP contribution >= 0.6 is 0 Å². The van der Waals surface area contributed by atoms with E-state index < -0.39 is 68.1 Å². The zero-order valence-electron chi connectivity index (χ0n) is 25.6. The number of sulfonamides is 1. The quantitative estimate of drug-likeness (QED) is 0.325. The molecular weight excluding hydrogens is 588 g/mol. The summed E-state index contributed by atoms with van der Waals surface area (Å²) in [5, 5.41) is 2.77. The number of aromatic nitrogens is 2. The van der Waals surface area contributed by atoms with Crippen molar-refractivity contribution in [2.75, 3.05) is 13.7 Å². The maximum Gasteiger partial charge on any atom is 0.259 e. The number of fused-ring (bicyclic) bond motifs is 1. The van der Waals surface area contributed by atoms with E-state index in [4.69, 9.17) is 15.2 Å². The van der Waals surface area contributed by atoms with Crippen LogP contribution in [0.5, 0.6) is 11.6 Å². The number of rotatable bonds is 10. The Morgan fingerprint density at radius 1 is 1.23 bits per heavy atom. The van der Waals surface area contributed by atoms with Gasteiger partial charge in [0, 0.05) is 12.3 Å². The average molecular weight is 629 g/mol. The van der Waals surface area contributed by atoms with E-state index >= 15 is 0 Å². The van der Waals surface area contributed by atoms with Crippen molar-refractivity contribution in [2.24, 2.45) is 17.1 Å². The summed E-state index contributed by atoms with van der Waals surface area (Å²) < 4.78 is 38.9. The number of ether oxygens (including phenoxy) is 2. The molecule has 3 fully saturated rings. The van der Waals surface area contributed by atoms with Gasteiger partial charge in [-0.05, 0) is 49.8 Å². The number of nitrogens with two attached hydrogens (primary N) is 1. The van der Waals surface area contributed by atoms with Crippen molar-refractivity contribution in [3.8, 4) is 11.6 Å². The zero-order chi connectivity index (χ0) is 32.2. The molecule has 1 aliphatic heterocycles. The first-order valence-electron chi connectivity index (χ1n) is 14.7. The summed E-state index contributed by atoms with van der Waals surface area (Å²) in [7, 11) is -2.30. The van der Waals surface area contributed by atoms with Crippen LogP contribution in [0.3, 0.4) is 0 Å². The van der Waals surface area contributed by atoms with Gasteiger partial charge in [-0.1, -0.05) is 26.8 Å². The molecule has 2 saturated carbocycles. The van der Waals surface area contributed by atoms with Crippen LogP contribution in [0.2, 0.25) is 0 Å². The number of carbonyl (C=O) groups excluding carboxylic acids is 3. The molecule has 3 amide bonds. The fourth-order valence-electron chi connectivity index (χ4n) is 5.51. The molecule has 0 spiro atoms. The Bertz CT molecular complexity index is 1620. The van der Waals surface area contributed by atoms with E-state index in [0.717, 1.165) is 0 Å². The van der Waals surface area contributed by atoms with E-state index in [1.165, 1.54) is 11.0 Å². The molecule has 1 aromatic carbocycles. The molecule has 4 N–H and O–H groups in total. The summed E-state index contributed by atoms with van der Waals surface area (Å²) in [4.78, 5) is 51.2. The standard InChI is InChI=1S/C30H40N6O7S/c1-7-17-14-30(17,28(39)35-44(40,41)20-9-10-20)34-25(37)23-13-19(15-36(23)27(38)24(31)29(3,4)5)43-26-21-12-18(42-6)8-11-22(21)32-16(2)33-26/h7-8,11-12,17,19-20,23-24H,1,9-10,13-15,31H2,2-6H3,(H,34,37)(H,35,39)/t17-,19-,23?,24-,30-/m1/s1. The van der Waals surface area contributed by atoms with Gasteiger partial charge in [0.2, 0.25) is 27.7 Å². The smallest absolute Gasteiger partial charge is 0.259 e. The first-order valence-corrected chi connectivity index (χ1v) is 16.2. The lowest BCUT2D eigenvalue weighted by atomic mass is 9.86. The van der Waals surface area contributed by atoms with Gasteiger partial charge in [0.1, 0.15) is 29.3 Å². The first kappa shape index (κ1) is 31.6. The number of nitrogens with zero attached hydrogens (tertiary/aromatic N) is 3. The highest BCUT2D eigenvalue weighted by molar-refractivity contribution is 7.91. The molecule has 14 heteroatoms. The Morgan fingerprint density at radius 2 is 1.93 bits per heavy atom. The van der Waals surface area contributed by atoms with Crippen LogP contribution < -0.4 is 25.2 Å². The molecule has 2 aliphatic carbocycles. The Kier molecular flexibility index (Phi) is 8.12. The molecular formula is C30H40N6O7S. The van der Waals surface area contributed by atoms with E-state index in [2.05, 4.69) is 26.6 Å². The van der Waals surface area contributed by atoms with Crippen LogP contribution in [-0.4, -0.2) is 83.6 Å². The maximum absolute atomic E-state index is 13.9. The van der Waals surface area contributed by atoms with Crippen molar-refractivity contribution in [1.82, 2.24) is 24.9 Å². The van der Waals surface area contributed by atoms with Gasteiger partial charge >= 0.3 is 0 Å². The van der Waals surface area contributed by atoms with Crippen molar-refractivity contribution in [2.45, 2.75) is 82.4 Å². The lowest BCUT2D eigenvalue weighted by Crippen LogP contribution is -2.59. The van der Waals surface area contributed by atoms with Gasteiger partial charge in [0.25, 0.3) is 5.91 Å². The molecule has 44 heavy (non-hydrogen) atoms. The second kappa shape index (κ2) is 11.3. The third-order valence-corrected chi connectivity index (χ3v) is 10.4. The summed E-state index contributed by atoms with van der Waals surface area (Å²) >= 11 is 0. The van der Waals surface area contributed by atoms with Crippen LogP contribution in [0.15, 0.2) is 30.9 Å². The normalized spacial score (nSPS) is 25.7. The SMILES string of the molecule is C=C[C@@H]1C[C@]1(NC(=O)C1C[C@@H](Oc2nc(C)nc3ccc(OC)cc23)CN1C(=O)[C@@H](N)C(C)(C)C)C(=O)NS(=O)(=O)C1CC1. The Morgan fingerprint density at radius 3 is 2.52 bits per heavy atom. The minimum atomic E-state index is -3.84. The van der Waals surface area contributed by atoms with E-state index in [9.17, 15) is 22.8 Å². The van der Waals surface area contributed by atoms with Gasteiger partial charge in [-0.2, -0.15) is 4.98 Å². The molecule has 0 bridgehead atoms. The summed E-state index contributed by atoms with van der Waals surface area (Å²) in [5.41, 5.74) is 4.90. The van der Waals surface area contributed by atoms with E-state index in [1.54, 1.807) is 32.2 Å². The first-order chi connectivity index (χ1) is 20.6. The monoisotopic (exact) mass is 628 g/mol. The van der Waals surface area contributed by atoms with E-state index in [1.807, 2.05) is 20.8 Å². The molecule has 3 aliphatic rings. The van der Waals surface area contributed by atoms with Crippen LogP contribution in [0.4, 0.5) is 0 Å². The average Bonchev–Trinajstić information content (AvgIpc) is 3.88. The molecule has 1 saturated heterocycles. The molecule has 13 nitrogen and oxygen atoms in total. The van der Waals surface area contributed by atoms with Crippen LogP contribution in [0.1, 0.15) is 52.3 Å². The van der Waals surface area contributed by atoms with Gasteiger partial charge in [0.05, 0.1) is 35.8 Å². The zero-order valence-corrected chi connectivity index (χ0v) is 26.4. The van der Waals surface area contributed by atoms with Gasteiger partial charge in [-0.3, -0.25) is 19.1 Å². The largest absolute Gasteiger partial charge is 0.497 e. The summed E-state index contributed by atoms with van der Waals surface area (Å²) in [6.07, 6.45) is 2.09. The number of aryl methyl sites for hydroxylation is 1. The predicted octanol–water partition coefficient (Wildman–Crippen LogP) is 1.34. The number of benzene rings is 1. The third kappa shape index (κ3) is 6.09. The van der Waals surface area contributed by atoms with Gasteiger partial charge in [0.15, 0.2) is 0 Å². The van der Waals surface area contributed by atoms with E-state index in [0.29, 0.717) is 35.3 Å². The van der Waals surface area contributed by atoms with Crippen LogP contribution in [0.25, 0.3) is 10.9 Å². The van der Waals surface area contributed by atoms with Crippen molar-refractivity contribution in [3.05, 3.63) is 36.7 Å². The summed E-state index contributed by atoms with van der Waals surface area (Å²) in [6, 6.07) is 3.35. The second-order valence-corrected chi connectivity index (χ2v) is 14.9. The van der Waals surface area contributed by atoms with Crippen molar-refractivity contribution in [1.29, 1.82) is 0 Å². The molecule has 2 heterocycles. The molecule has 2 aromatic rings. The minimum absolute atomic E-state index is 0.0371. The second-order valence-electron chi connectivity index (χ2n) is 13.0. The molecule has 1 aromatic heterocycles. The molecule has 5 atom stereocenters. The van der Waals surface area contributed by atoms with Gasteiger partial charge < -0.3 is 25.4 Å². The lowest BCUT2D eigenvalue weighted by Gasteiger charge is -2.33. The fourth-order valence-corrected chi connectivity index (χ4v) is 6.87. The molecule has 0 radical (unpaired) electrons. The predicted molar refractivity (Wildman–Crippen MR) is 162 cm³/mol. The summed E-state index contributed by atoms with van der Waals surface area (Å²) in [6.45, 7) is 11.0. The highest BCUT2D eigenvalue weighted by Gasteiger charge is 2.62. The van der Waals surface area contributed by atoms with Crippen molar-refractivity contribution < 1.29 is 32.3 Å². The number of nitrogens with one attached hydrogen (secondary N) is 2. The van der Waals surface area contributed by atoms with Crippen molar-refractivity contribution in [3.63, 3.8) is 0 Å². The number of hydrogen-bond acceptors (Lipinski definition) is 10. The topological polar surface area (TPSA) is 183 Å². The van der Waals surface area contributed by atoms with Crippen LogP contribution in [0, 0.1) is 18.3 Å². The fraction of sp³-hybridized carbons (Fsp3) is 0.567. The summed E-state index contributed by atoms with van der Waals surface area (Å²) in [5.74, 6) is -1.000.